The molecule has 0 radical (unpaired) electrons. The van der Waals surface area contributed by atoms with Crippen LogP contribution in [0.5, 0.6) is 0 Å². The molecule has 1 aliphatic carbocycles. The Hall–Kier alpha value is -2.76. The van der Waals surface area contributed by atoms with Crippen molar-refractivity contribution < 1.29 is 22.5 Å². The van der Waals surface area contributed by atoms with E-state index in [1.54, 1.807) is 18.7 Å². The van der Waals surface area contributed by atoms with Gasteiger partial charge in [-0.3, -0.25) is 19.4 Å². The van der Waals surface area contributed by atoms with Crippen LogP contribution in [0.25, 0.3) is 0 Å². The van der Waals surface area contributed by atoms with Crippen LogP contribution in [0.15, 0.2) is 33.7 Å². The van der Waals surface area contributed by atoms with Gasteiger partial charge in [-0.05, 0) is 38.8 Å². The summed E-state index contributed by atoms with van der Waals surface area (Å²) >= 11 is 0. The molecule has 0 unspecified atom stereocenters. The lowest BCUT2D eigenvalue weighted by atomic mass is 9.89. The second-order valence-electron chi connectivity index (χ2n) is 9.27. The second-order valence-corrected chi connectivity index (χ2v) is 11.1. The Labute approximate surface area is 198 Å². The monoisotopic (exact) mass is 487 g/mol. The number of benzene rings is 1. The topological polar surface area (TPSA) is 116 Å². The molecular formula is C23H29N5O5S. The summed E-state index contributed by atoms with van der Waals surface area (Å²) in [5.41, 5.74) is 0.876. The summed E-state index contributed by atoms with van der Waals surface area (Å²) in [6.07, 6.45) is 3.08. The maximum atomic E-state index is 13.6. The molecule has 2 aliphatic heterocycles. The summed E-state index contributed by atoms with van der Waals surface area (Å²) in [5.74, 6) is 0.0256. The Balaban J connectivity index is 1.32. The normalized spacial score (nSPS) is 21.0. The molecule has 182 valence electrons. The number of para-hydroxylation sites is 2. The van der Waals surface area contributed by atoms with Crippen LogP contribution in [0.2, 0.25) is 0 Å². The van der Waals surface area contributed by atoms with Crippen molar-refractivity contribution in [2.24, 2.45) is 0 Å². The number of sulfonamides is 1. The third-order valence-electron chi connectivity index (χ3n) is 7.18. The van der Waals surface area contributed by atoms with Crippen LogP contribution in [-0.4, -0.2) is 72.9 Å². The molecule has 3 heterocycles. The maximum Gasteiger partial charge on any atom is 0.250 e. The molecule has 10 nitrogen and oxygen atoms in total. The molecule has 2 amide bonds. The smallest absolute Gasteiger partial charge is 0.250 e. The first-order valence-electron chi connectivity index (χ1n) is 11.6. The Morgan fingerprint density at radius 3 is 2.44 bits per heavy atom. The van der Waals surface area contributed by atoms with E-state index in [1.807, 2.05) is 29.2 Å². The zero-order valence-electron chi connectivity index (χ0n) is 19.4. The first-order chi connectivity index (χ1) is 16.2. The van der Waals surface area contributed by atoms with E-state index >= 15 is 0 Å². The van der Waals surface area contributed by atoms with Gasteiger partial charge in [0, 0.05) is 26.2 Å². The fraction of sp³-hybridized carbons (Fsp3) is 0.522. The number of anilines is 2. The van der Waals surface area contributed by atoms with Gasteiger partial charge in [-0.25, -0.2) is 8.42 Å². The van der Waals surface area contributed by atoms with Crippen LogP contribution < -0.4 is 10.2 Å². The summed E-state index contributed by atoms with van der Waals surface area (Å²) in [6.45, 7) is 4.70. The second kappa shape index (κ2) is 8.47. The number of carbonyl (C=O) groups is 2. The Morgan fingerprint density at radius 1 is 1.12 bits per heavy atom. The molecular weight excluding hydrogens is 458 g/mol. The summed E-state index contributed by atoms with van der Waals surface area (Å²) < 4.78 is 32.7. The molecule has 5 rings (SSSR count). The fourth-order valence-corrected chi connectivity index (χ4v) is 7.20. The highest BCUT2D eigenvalue weighted by Crippen LogP contribution is 2.45. The van der Waals surface area contributed by atoms with Crippen LogP contribution in [0.1, 0.15) is 37.1 Å². The van der Waals surface area contributed by atoms with E-state index in [-0.39, 0.29) is 42.1 Å². The van der Waals surface area contributed by atoms with Crippen LogP contribution in [0.4, 0.5) is 11.4 Å². The van der Waals surface area contributed by atoms with Crippen molar-refractivity contribution in [3.05, 3.63) is 35.7 Å². The molecule has 0 bridgehead atoms. The van der Waals surface area contributed by atoms with Gasteiger partial charge in [-0.15, -0.1) is 0 Å². The molecule has 1 spiro atoms. The zero-order chi connectivity index (χ0) is 24.1. The van der Waals surface area contributed by atoms with E-state index in [2.05, 4.69) is 10.5 Å². The van der Waals surface area contributed by atoms with Crippen molar-refractivity contribution in [3.8, 4) is 0 Å². The van der Waals surface area contributed by atoms with Crippen molar-refractivity contribution >= 4 is 33.2 Å². The van der Waals surface area contributed by atoms with Crippen molar-refractivity contribution in [2.75, 3.05) is 42.9 Å². The molecule has 1 N–H and O–H groups in total. The first-order valence-corrected chi connectivity index (χ1v) is 13.1. The fourth-order valence-electron chi connectivity index (χ4n) is 5.49. The molecule has 1 aromatic heterocycles. The van der Waals surface area contributed by atoms with E-state index < -0.39 is 15.6 Å². The molecule has 2 fully saturated rings. The standard InChI is InChI=1S/C23H29N5O5S/c1-16-21(17(2)33-25-16)34(31,32)27-13-11-26(12-14-27)15-20(29)28-19-8-4-3-7-18(19)24-22(30)23(28)9-5-6-10-23/h3-4,7-8H,5-6,9-15H2,1-2H3,(H,24,30). The van der Waals surface area contributed by atoms with Crippen molar-refractivity contribution in [1.82, 2.24) is 14.4 Å². The number of fused-ring (bicyclic) bond motifs is 1. The Kier molecular flexibility index (Phi) is 5.73. The molecule has 0 atom stereocenters. The molecule has 34 heavy (non-hydrogen) atoms. The summed E-state index contributed by atoms with van der Waals surface area (Å²) in [4.78, 5) is 30.5. The lowest BCUT2D eigenvalue weighted by Crippen LogP contribution is -2.62. The number of aryl methyl sites for hydroxylation is 2. The number of amides is 2. The number of piperazine rings is 1. The van der Waals surface area contributed by atoms with Gasteiger partial charge in [0.2, 0.25) is 15.9 Å². The Bertz CT molecular complexity index is 1210. The summed E-state index contributed by atoms with van der Waals surface area (Å²) in [5, 5.41) is 6.76. The van der Waals surface area contributed by atoms with Crippen molar-refractivity contribution in [3.63, 3.8) is 0 Å². The zero-order valence-corrected chi connectivity index (χ0v) is 20.2. The number of nitrogens with zero attached hydrogens (tertiary/aromatic N) is 4. The molecule has 2 aromatic rings. The van der Waals surface area contributed by atoms with Crippen LogP contribution in [0, 0.1) is 13.8 Å². The summed E-state index contributed by atoms with van der Waals surface area (Å²) in [6, 6.07) is 7.40. The average molecular weight is 488 g/mol. The predicted molar refractivity (Wildman–Crippen MR) is 125 cm³/mol. The highest BCUT2D eigenvalue weighted by atomic mass is 32.2. The summed E-state index contributed by atoms with van der Waals surface area (Å²) in [7, 11) is -3.72. The number of hydrogen-bond donors (Lipinski definition) is 1. The largest absolute Gasteiger partial charge is 0.360 e. The van der Waals surface area contributed by atoms with Gasteiger partial charge in [-0.2, -0.15) is 4.31 Å². The van der Waals surface area contributed by atoms with Crippen molar-refractivity contribution in [1.29, 1.82) is 0 Å². The molecule has 1 aromatic carbocycles. The molecule has 3 aliphatic rings. The van der Waals surface area contributed by atoms with E-state index in [9.17, 15) is 18.0 Å². The molecule has 1 saturated carbocycles. The van der Waals surface area contributed by atoms with Gasteiger partial charge in [0.25, 0.3) is 5.91 Å². The lowest BCUT2D eigenvalue weighted by molar-refractivity contribution is -0.128. The van der Waals surface area contributed by atoms with Crippen LogP contribution in [-0.2, 0) is 19.6 Å². The van der Waals surface area contributed by atoms with E-state index in [0.717, 1.165) is 18.5 Å². The number of rotatable bonds is 4. The first kappa shape index (κ1) is 23.0. The minimum Gasteiger partial charge on any atom is -0.360 e. The van der Waals surface area contributed by atoms with Crippen LogP contribution in [0.3, 0.4) is 0 Å². The predicted octanol–water partition coefficient (Wildman–Crippen LogP) is 1.90. The molecule has 11 heteroatoms. The lowest BCUT2D eigenvalue weighted by Gasteiger charge is -2.45. The number of hydrogen-bond acceptors (Lipinski definition) is 7. The minimum atomic E-state index is -3.72. The van der Waals surface area contributed by atoms with Gasteiger partial charge in [0.05, 0.1) is 17.9 Å². The van der Waals surface area contributed by atoms with Gasteiger partial charge in [-0.1, -0.05) is 30.1 Å². The highest BCUT2D eigenvalue weighted by Gasteiger charge is 2.52. The maximum absolute atomic E-state index is 13.6. The van der Waals surface area contributed by atoms with E-state index in [0.29, 0.717) is 37.3 Å². The minimum absolute atomic E-state index is 0.118. The quantitative estimate of drug-likeness (QED) is 0.700. The van der Waals surface area contributed by atoms with E-state index in [4.69, 9.17) is 4.52 Å². The third-order valence-corrected chi connectivity index (χ3v) is 9.32. The van der Waals surface area contributed by atoms with Crippen molar-refractivity contribution in [2.45, 2.75) is 50.0 Å². The van der Waals surface area contributed by atoms with Gasteiger partial charge in [0.1, 0.15) is 16.1 Å². The number of aromatic nitrogens is 1. The van der Waals surface area contributed by atoms with Crippen LogP contribution >= 0.6 is 0 Å². The highest BCUT2D eigenvalue weighted by molar-refractivity contribution is 7.89. The molecule has 1 saturated heterocycles. The van der Waals surface area contributed by atoms with Gasteiger partial charge >= 0.3 is 0 Å². The van der Waals surface area contributed by atoms with Gasteiger partial charge in [0.15, 0.2) is 5.76 Å². The van der Waals surface area contributed by atoms with E-state index in [1.165, 1.54) is 4.31 Å². The van der Waals surface area contributed by atoms with Gasteiger partial charge < -0.3 is 9.84 Å². The number of nitrogens with one attached hydrogen (secondary N) is 1. The average Bonchev–Trinajstić information content (AvgIpc) is 3.42. The SMILES string of the molecule is Cc1noc(C)c1S(=O)(=O)N1CCN(CC(=O)N2c3ccccc3NC(=O)C23CCCC3)CC1. The number of carbonyl (C=O) groups excluding carboxylic acids is 2. The third kappa shape index (κ3) is 3.62. The Morgan fingerprint density at radius 2 is 1.79 bits per heavy atom.